The van der Waals surface area contributed by atoms with Gasteiger partial charge in [-0.05, 0) is 31.0 Å². The molecule has 2 fully saturated rings. The highest BCUT2D eigenvalue weighted by Crippen LogP contribution is 2.30. The molecule has 9 nitrogen and oxygen atoms in total. The van der Waals surface area contributed by atoms with Crippen LogP contribution in [0.25, 0.3) is 0 Å². The minimum atomic E-state index is -0.956. The Morgan fingerprint density at radius 3 is 2.76 bits per heavy atom. The fourth-order valence-corrected chi connectivity index (χ4v) is 4.28. The van der Waals surface area contributed by atoms with Crippen LogP contribution in [0.5, 0.6) is 0 Å². The zero-order valence-electron chi connectivity index (χ0n) is 16.2. The Hall–Kier alpha value is -2.62. The van der Waals surface area contributed by atoms with Crippen LogP contribution in [0.2, 0.25) is 0 Å². The largest absolute Gasteiger partial charge is 0.376 e. The highest BCUT2D eigenvalue weighted by atomic mass is 16.5. The molecular formula is C20H24N4O5. The first-order valence-electron chi connectivity index (χ1n) is 9.76. The standard InChI is InChI=1S/C20H24N4O5/c1-29-20(7-8-21-10-20)11-22-9-12-3-2-4-13-16(12)19(28)24(18(13)27)14-5-6-15(25)23-17(14)26/h2-4,14,21-22H,5-11H2,1H3,(H,23,25,26). The molecule has 0 saturated carbocycles. The molecule has 3 aliphatic heterocycles. The number of carbonyl (C=O) groups is 4. The first-order valence-corrected chi connectivity index (χ1v) is 9.76. The number of carbonyl (C=O) groups excluding carboxylic acids is 4. The van der Waals surface area contributed by atoms with Crippen molar-refractivity contribution in [3.8, 4) is 0 Å². The zero-order chi connectivity index (χ0) is 20.6. The van der Waals surface area contributed by atoms with Crippen molar-refractivity contribution in [2.45, 2.75) is 37.5 Å². The topological polar surface area (TPSA) is 117 Å². The van der Waals surface area contributed by atoms with Gasteiger partial charge in [-0.25, -0.2) is 0 Å². The maximum absolute atomic E-state index is 13.1. The van der Waals surface area contributed by atoms with Crippen LogP contribution < -0.4 is 16.0 Å². The molecule has 3 N–H and O–H groups in total. The molecule has 3 heterocycles. The fourth-order valence-electron chi connectivity index (χ4n) is 4.28. The summed E-state index contributed by atoms with van der Waals surface area (Å²) in [7, 11) is 1.69. The molecule has 4 rings (SSSR count). The van der Waals surface area contributed by atoms with Crippen LogP contribution in [0.3, 0.4) is 0 Å². The van der Waals surface area contributed by atoms with Crippen molar-refractivity contribution < 1.29 is 23.9 Å². The van der Waals surface area contributed by atoms with Crippen molar-refractivity contribution in [2.24, 2.45) is 0 Å². The lowest BCUT2D eigenvalue weighted by Crippen LogP contribution is -2.54. The van der Waals surface area contributed by atoms with E-state index >= 15 is 0 Å². The van der Waals surface area contributed by atoms with Gasteiger partial charge in [0.15, 0.2) is 0 Å². The summed E-state index contributed by atoms with van der Waals surface area (Å²) >= 11 is 0. The number of hydrogen-bond donors (Lipinski definition) is 3. The minimum absolute atomic E-state index is 0.103. The van der Waals surface area contributed by atoms with Gasteiger partial charge in [0, 0.05) is 33.2 Å². The summed E-state index contributed by atoms with van der Waals surface area (Å²) in [5, 5.41) is 8.83. The van der Waals surface area contributed by atoms with Gasteiger partial charge in [-0.1, -0.05) is 12.1 Å². The fraction of sp³-hybridized carbons (Fsp3) is 0.500. The summed E-state index contributed by atoms with van der Waals surface area (Å²) in [6.07, 6.45) is 1.14. The first kappa shape index (κ1) is 19.7. The predicted molar refractivity (Wildman–Crippen MR) is 102 cm³/mol. The number of nitrogens with one attached hydrogen (secondary N) is 3. The summed E-state index contributed by atoms with van der Waals surface area (Å²) in [6, 6.07) is 4.18. The van der Waals surface area contributed by atoms with Crippen molar-refractivity contribution in [1.29, 1.82) is 0 Å². The molecule has 2 unspecified atom stereocenters. The Morgan fingerprint density at radius 2 is 2.07 bits per heavy atom. The molecule has 29 heavy (non-hydrogen) atoms. The molecule has 154 valence electrons. The van der Waals surface area contributed by atoms with Crippen molar-refractivity contribution >= 4 is 23.6 Å². The van der Waals surface area contributed by atoms with E-state index in [1.807, 2.05) is 0 Å². The van der Waals surface area contributed by atoms with Crippen molar-refractivity contribution in [3.05, 3.63) is 34.9 Å². The van der Waals surface area contributed by atoms with Gasteiger partial charge in [0.1, 0.15) is 6.04 Å². The quantitative estimate of drug-likeness (QED) is 0.554. The van der Waals surface area contributed by atoms with E-state index in [4.69, 9.17) is 4.74 Å². The van der Waals surface area contributed by atoms with Crippen molar-refractivity contribution in [3.63, 3.8) is 0 Å². The van der Waals surface area contributed by atoms with E-state index in [9.17, 15) is 19.2 Å². The van der Waals surface area contributed by atoms with Crippen molar-refractivity contribution in [1.82, 2.24) is 20.9 Å². The van der Waals surface area contributed by atoms with E-state index in [0.717, 1.165) is 24.4 Å². The molecule has 3 aliphatic rings. The number of imide groups is 2. The third-order valence-corrected chi connectivity index (χ3v) is 5.95. The van der Waals surface area contributed by atoms with Gasteiger partial charge < -0.3 is 15.4 Å². The molecule has 0 aliphatic carbocycles. The molecule has 0 spiro atoms. The van der Waals surface area contributed by atoms with Gasteiger partial charge in [0.25, 0.3) is 11.8 Å². The van der Waals surface area contributed by atoms with Gasteiger partial charge in [0.05, 0.1) is 16.7 Å². The molecule has 0 radical (unpaired) electrons. The maximum Gasteiger partial charge on any atom is 0.262 e. The molecule has 4 amide bonds. The van der Waals surface area contributed by atoms with Gasteiger partial charge in [-0.3, -0.25) is 29.4 Å². The van der Waals surface area contributed by atoms with Crippen LogP contribution in [0.15, 0.2) is 18.2 Å². The van der Waals surface area contributed by atoms with Gasteiger partial charge in [0.2, 0.25) is 11.8 Å². The summed E-state index contributed by atoms with van der Waals surface area (Å²) in [4.78, 5) is 50.5. The minimum Gasteiger partial charge on any atom is -0.376 e. The SMILES string of the molecule is COC1(CNCc2cccc3c2C(=O)N(C2CCC(=O)NC2=O)C3=O)CCNC1. The van der Waals surface area contributed by atoms with E-state index in [0.29, 0.717) is 29.8 Å². The molecule has 1 aromatic carbocycles. The van der Waals surface area contributed by atoms with Gasteiger partial charge >= 0.3 is 0 Å². The van der Waals surface area contributed by atoms with Gasteiger partial charge in [-0.2, -0.15) is 0 Å². The molecule has 1 aromatic rings. The third kappa shape index (κ3) is 3.45. The smallest absolute Gasteiger partial charge is 0.262 e. The van der Waals surface area contributed by atoms with E-state index in [1.165, 1.54) is 0 Å². The molecule has 9 heteroatoms. The van der Waals surface area contributed by atoms with Crippen LogP contribution in [-0.2, 0) is 20.9 Å². The molecule has 2 atom stereocenters. The summed E-state index contributed by atoms with van der Waals surface area (Å²) < 4.78 is 5.66. The number of rotatable bonds is 6. The monoisotopic (exact) mass is 400 g/mol. The molecule has 0 bridgehead atoms. The lowest BCUT2D eigenvalue weighted by molar-refractivity contribution is -0.136. The van der Waals surface area contributed by atoms with Crippen LogP contribution in [0, 0.1) is 0 Å². The average Bonchev–Trinajstić information content (AvgIpc) is 3.27. The number of nitrogens with zero attached hydrogens (tertiary/aromatic N) is 1. The Morgan fingerprint density at radius 1 is 1.24 bits per heavy atom. The maximum atomic E-state index is 13.1. The molecule has 2 saturated heterocycles. The zero-order valence-corrected chi connectivity index (χ0v) is 16.2. The second-order valence-electron chi connectivity index (χ2n) is 7.70. The summed E-state index contributed by atoms with van der Waals surface area (Å²) in [5.41, 5.74) is 1.04. The van der Waals surface area contributed by atoms with E-state index in [1.54, 1.807) is 25.3 Å². The highest BCUT2D eigenvalue weighted by Gasteiger charge is 2.45. The first-order chi connectivity index (χ1) is 14.0. The lowest BCUT2D eigenvalue weighted by atomic mass is 10.0. The number of benzene rings is 1. The molecular weight excluding hydrogens is 376 g/mol. The Bertz CT molecular complexity index is 878. The summed E-state index contributed by atoms with van der Waals surface area (Å²) in [5.74, 6) is -1.97. The lowest BCUT2D eigenvalue weighted by Gasteiger charge is -2.28. The normalized spacial score (nSPS) is 26.8. The summed E-state index contributed by atoms with van der Waals surface area (Å²) in [6.45, 7) is 2.66. The Kier molecular flexibility index (Phi) is 5.20. The van der Waals surface area contributed by atoms with Crippen molar-refractivity contribution in [2.75, 3.05) is 26.7 Å². The highest BCUT2D eigenvalue weighted by molar-refractivity contribution is 6.24. The number of fused-ring (bicyclic) bond motifs is 1. The second kappa shape index (κ2) is 7.66. The average molecular weight is 400 g/mol. The Balaban J connectivity index is 1.52. The van der Waals surface area contributed by atoms with E-state index < -0.39 is 23.8 Å². The van der Waals surface area contributed by atoms with Crippen LogP contribution in [0.4, 0.5) is 0 Å². The second-order valence-corrected chi connectivity index (χ2v) is 7.70. The number of methoxy groups -OCH3 is 1. The number of amides is 4. The van der Waals surface area contributed by atoms with E-state index in [2.05, 4.69) is 16.0 Å². The number of piperidine rings is 1. The molecule has 0 aromatic heterocycles. The van der Waals surface area contributed by atoms with Crippen LogP contribution >= 0.6 is 0 Å². The Labute approximate surface area is 168 Å². The van der Waals surface area contributed by atoms with Crippen LogP contribution in [-0.4, -0.2) is 66.9 Å². The predicted octanol–water partition coefficient (Wildman–Crippen LogP) is -0.444. The number of ether oxygens (including phenoxy) is 1. The van der Waals surface area contributed by atoms with Gasteiger partial charge in [-0.15, -0.1) is 0 Å². The number of hydrogen-bond acceptors (Lipinski definition) is 7. The van der Waals surface area contributed by atoms with E-state index in [-0.39, 0.29) is 24.3 Å². The van der Waals surface area contributed by atoms with Crippen LogP contribution in [0.1, 0.15) is 45.5 Å². The third-order valence-electron chi connectivity index (χ3n) is 5.95.